The Morgan fingerprint density at radius 1 is 1.52 bits per heavy atom. The number of nitriles is 1. The van der Waals surface area contributed by atoms with Gasteiger partial charge < -0.3 is 15.4 Å². The van der Waals surface area contributed by atoms with Gasteiger partial charge in [-0.1, -0.05) is 0 Å². The van der Waals surface area contributed by atoms with Gasteiger partial charge in [-0.25, -0.2) is 0 Å². The van der Waals surface area contributed by atoms with Crippen molar-refractivity contribution in [2.45, 2.75) is 32.2 Å². The summed E-state index contributed by atoms with van der Waals surface area (Å²) in [6.45, 7) is -0.138. The number of aryl methyl sites for hydroxylation is 1. The molecule has 0 saturated carbocycles. The number of hydrogen-bond acceptors (Lipinski definition) is 6. The summed E-state index contributed by atoms with van der Waals surface area (Å²) in [6, 6.07) is 3.41. The summed E-state index contributed by atoms with van der Waals surface area (Å²) >= 11 is 1.44. The molecule has 2 aromatic heterocycles. The van der Waals surface area contributed by atoms with Crippen LogP contribution >= 0.6 is 11.3 Å². The van der Waals surface area contributed by atoms with Gasteiger partial charge in [-0.3, -0.25) is 4.79 Å². The van der Waals surface area contributed by atoms with Crippen molar-refractivity contribution in [3.8, 4) is 6.07 Å². The third-order valence-corrected chi connectivity index (χ3v) is 4.86. The van der Waals surface area contributed by atoms with Crippen LogP contribution in [0.4, 0.5) is 10.8 Å². The van der Waals surface area contributed by atoms with Gasteiger partial charge in [0.05, 0.1) is 22.9 Å². The first kappa shape index (κ1) is 15.2. The van der Waals surface area contributed by atoms with E-state index < -0.39 is 4.92 Å². The Hall–Kier alpha value is -2.73. The molecule has 0 radical (unpaired) electrons. The van der Waals surface area contributed by atoms with Crippen LogP contribution in [0.2, 0.25) is 0 Å². The number of carbonyl (C=O) groups excluding carboxylic acids is 1. The van der Waals surface area contributed by atoms with Crippen molar-refractivity contribution in [2.75, 3.05) is 5.32 Å². The lowest BCUT2D eigenvalue weighted by molar-refractivity contribution is -0.389. The van der Waals surface area contributed by atoms with E-state index in [2.05, 4.69) is 16.5 Å². The zero-order valence-corrected chi connectivity index (χ0v) is 12.9. The van der Waals surface area contributed by atoms with Crippen LogP contribution in [0.1, 0.15) is 28.8 Å². The molecule has 0 aromatic carbocycles. The van der Waals surface area contributed by atoms with Crippen molar-refractivity contribution in [3.05, 3.63) is 38.4 Å². The van der Waals surface area contributed by atoms with E-state index in [-0.39, 0.29) is 18.3 Å². The molecule has 0 unspecified atom stereocenters. The molecule has 3 rings (SSSR count). The molecule has 1 aliphatic carbocycles. The van der Waals surface area contributed by atoms with Gasteiger partial charge in [-0.2, -0.15) is 9.94 Å². The number of rotatable bonds is 4. The predicted octanol–water partition coefficient (Wildman–Crippen LogP) is 2.24. The van der Waals surface area contributed by atoms with Crippen molar-refractivity contribution in [1.82, 2.24) is 9.78 Å². The van der Waals surface area contributed by atoms with Gasteiger partial charge in [0.25, 0.3) is 0 Å². The van der Waals surface area contributed by atoms with Crippen LogP contribution in [0.15, 0.2) is 12.3 Å². The number of thiophene rings is 1. The third kappa shape index (κ3) is 3.07. The Kier molecular flexibility index (Phi) is 4.08. The first-order valence-electron chi connectivity index (χ1n) is 7.11. The molecule has 1 N–H and O–H groups in total. The third-order valence-electron chi connectivity index (χ3n) is 3.66. The number of nitrogens with one attached hydrogen (secondary N) is 1. The number of aromatic nitrogens is 2. The van der Waals surface area contributed by atoms with E-state index in [4.69, 9.17) is 0 Å². The Labute approximate surface area is 135 Å². The zero-order chi connectivity index (χ0) is 16.4. The number of nitrogens with zero attached hydrogens (tertiary/aromatic N) is 4. The van der Waals surface area contributed by atoms with Crippen LogP contribution < -0.4 is 5.32 Å². The van der Waals surface area contributed by atoms with Crippen LogP contribution in [0.25, 0.3) is 0 Å². The van der Waals surface area contributed by atoms with E-state index in [9.17, 15) is 20.2 Å². The molecule has 118 valence electrons. The number of fused-ring (bicyclic) bond motifs is 1. The number of nitro groups is 1. The topological polar surface area (TPSA) is 114 Å². The molecule has 0 saturated heterocycles. The van der Waals surface area contributed by atoms with Gasteiger partial charge in [0, 0.05) is 4.88 Å². The van der Waals surface area contributed by atoms with Crippen molar-refractivity contribution in [2.24, 2.45) is 0 Å². The van der Waals surface area contributed by atoms with Gasteiger partial charge in [0.15, 0.2) is 0 Å². The Morgan fingerprint density at radius 2 is 2.30 bits per heavy atom. The predicted molar refractivity (Wildman–Crippen MR) is 83.2 cm³/mol. The highest BCUT2D eigenvalue weighted by Gasteiger charge is 2.22. The van der Waals surface area contributed by atoms with E-state index in [0.29, 0.717) is 10.6 Å². The number of anilines is 1. The molecular weight excluding hydrogens is 318 g/mol. The maximum atomic E-state index is 12.1. The molecule has 9 heteroatoms. The van der Waals surface area contributed by atoms with Crippen LogP contribution in [0.5, 0.6) is 0 Å². The fourth-order valence-corrected chi connectivity index (χ4v) is 3.88. The van der Waals surface area contributed by atoms with Crippen LogP contribution in [0, 0.1) is 21.4 Å². The molecule has 0 fully saturated rings. The summed E-state index contributed by atoms with van der Waals surface area (Å²) in [5.41, 5.74) is 1.60. The van der Waals surface area contributed by atoms with Crippen molar-refractivity contribution in [3.63, 3.8) is 0 Å². The lowest BCUT2D eigenvalue weighted by Gasteiger charge is -2.09. The summed E-state index contributed by atoms with van der Waals surface area (Å²) < 4.78 is 1.20. The summed E-state index contributed by atoms with van der Waals surface area (Å²) in [6.07, 6.45) is 5.35. The first-order chi connectivity index (χ1) is 11.1. The average Bonchev–Trinajstić information content (AvgIpc) is 3.11. The van der Waals surface area contributed by atoms with Gasteiger partial charge in [-0.05, 0) is 36.2 Å². The lowest BCUT2D eigenvalue weighted by Crippen LogP contribution is -2.19. The largest absolute Gasteiger partial charge is 0.389 e. The Morgan fingerprint density at radius 3 is 3.00 bits per heavy atom. The van der Waals surface area contributed by atoms with Crippen LogP contribution in [0.3, 0.4) is 0 Å². The second-order valence-corrected chi connectivity index (χ2v) is 6.31. The van der Waals surface area contributed by atoms with Crippen LogP contribution in [-0.4, -0.2) is 20.6 Å². The van der Waals surface area contributed by atoms with E-state index in [1.165, 1.54) is 28.3 Å². The molecule has 0 atom stereocenters. The minimum atomic E-state index is -0.616. The Balaban J connectivity index is 1.74. The summed E-state index contributed by atoms with van der Waals surface area (Å²) in [5, 5.41) is 26.9. The minimum absolute atomic E-state index is 0.138. The zero-order valence-electron chi connectivity index (χ0n) is 12.1. The molecule has 1 aliphatic rings. The fraction of sp³-hybridized carbons (Fsp3) is 0.357. The number of hydrogen-bond donors (Lipinski definition) is 1. The highest BCUT2D eigenvalue weighted by atomic mass is 32.1. The SMILES string of the molecule is N#Cc1c(NC(=O)Cn2ccc([N+](=O)[O-])n2)sc2c1CCCC2. The van der Waals surface area contributed by atoms with E-state index in [1.807, 2.05) is 0 Å². The molecule has 2 heterocycles. The van der Waals surface area contributed by atoms with Gasteiger partial charge in [0.1, 0.15) is 17.6 Å². The lowest BCUT2D eigenvalue weighted by atomic mass is 9.96. The molecule has 0 spiro atoms. The molecule has 1 amide bonds. The Bertz CT molecular complexity index is 817. The normalized spacial score (nSPS) is 13.2. The average molecular weight is 331 g/mol. The van der Waals surface area contributed by atoms with Gasteiger partial charge in [-0.15, -0.1) is 11.3 Å². The summed E-state index contributed by atoms with van der Waals surface area (Å²) in [7, 11) is 0. The summed E-state index contributed by atoms with van der Waals surface area (Å²) in [5.74, 6) is -0.666. The molecule has 8 nitrogen and oxygen atoms in total. The van der Waals surface area contributed by atoms with Crippen molar-refractivity contribution < 1.29 is 9.72 Å². The maximum absolute atomic E-state index is 12.1. The number of carbonyl (C=O) groups is 1. The molecular formula is C14H13N5O3S. The standard InChI is InChI=1S/C14H13N5O3S/c15-7-10-9-3-1-2-4-11(9)23-14(10)16-13(20)8-18-6-5-12(17-18)19(21)22/h5-6H,1-4,8H2,(H,16,20). The van der Waals surface area contributed by atoms with Crippen molar-refractivity contribution in [1.29, 1.82) is 5.26 Å². The monoisotopic (exact) mass is 331 g/mol. The van der Waals surface area contributed by atoms with Crippen LogP contribution in [-0.2, 0) is 24.2 Å². The van der Waals surface area contributed by atoms with E-state index in [0.717, 1.165) is 36.1 Å². The molecule has 0 bridgehead atoms. The minimum Gasteiger partial charge on any atom is -0.358 e. The second kappa shape index (κ2) is 6.18. The number of amides is 1. The first-order valence-corrected chi connectivity index (χ1v) is 7.92. The molecule has 0 aliphatic heterocycles. The van der Waals surface area contributed by atoms with Gasteiger partial charge in [0.2, 0.25) is 5.91 Å². The maximum Gasteiger partial charge on any atom is 0.389 e. The highest BCUT2D eigenvalue weighted by Crippen LogP contribution is 2.37. The molecule has 23 heavy (non-hydrogen) atoms. The van der Waals surface area contributed by atoms with Gasteiger partial charge >= 0.3 is 5.82 Å². The molecule has 2 aromatic rings. The second-order valence-electron chi connectivity index (χ2n) is 5.20. The van der Waals surface area contributed by atoms with Crippen molar-refractivity contribution >= 4 is 28.1 Å². The quantitative estimate of drug-likeness (QED) is 0.681. The smallest absolute Gasteiger partial charge is 0.358 e. The fourth-order valence-electron chi connectivity index (χ4n) is 2.62. The highest BCUT2D eigenvalue weighted by molar-refractivity contribution is 7.16. The van der Waals surface area contributed by atoms with E-state index >= 15 is 0 Å². The summed E-state index contributed by atoms with van der Waals surface area (Å²) in [4.78, 5) is 23.2. The van der Waals surface area contributed by atoms with E-state index in [1.54, 1.807) is 0 Å².